The van der Waals surface area contributed by atoms with Crippen LogP contribution in [0, 0.1) is 5.92 Å². The number of thiophene rings is 1. The molecule has 5 heteroatoms. The first-order valence-corrected chi connectivity index (χ1v) is 7.81. The predicted molar refractivity (Wildman–Crippen MR) is 84.2 cm³/mol. The third-order valence-corrected chi connectivity index (χ3v) is 4.97. The molecule has 1 heterocycles. The summed E-state index contributed by atoms with van der Waals surface area (Å²) < 4.78 is 0. The smallest absolute Gasteiger partial charge is 0.314 e. The highest BCUT2D eigenvalue weighted by molar-refractivity contribution is 7.10. The molecule has 20 heavy (non-hydrogen) atoms. The molecule has 1 aromatic heterocycles. The number of carbonyl (C=O) groups is 1. The number of amides is 2. The van der Waals surface area contributed by atoms with Crippen LogP contribution in [0.4, 0.5) is 4.79 Å². The van der Waals surface area contributed by atoms with Crippen LogP contribution < -0.4 is 10.6 Å². The maximum Gasteiger partial charge on any atom is 0.314 e. The number of carbonyl (C=O) groups excluding carboxylic acids is 1. The molecule has 3 N–H and O–H groups in total. The van der Waals surface area contributed by atoms with Crippen LogP contribution in [-0.4, -0.2) is 29.8 Å². The Hall–Kier alpha value is -1.07. The molecule has 0 saturated heterocycles. The second-order valence-corrected chi connectivity index (χ2v) is 7.36. The molecular weight excluding hydrogens is 272 g/mol. The topological polar surface area (TPSA) is 61.4 Å². The third kappa shape index (κ3) is 4.80. The van der Waals surface area contributed by atoms with E-state index in [1.54, 1.807) is 18.3 Å². The van der Waals surface area contributed by atoms with Crippen LogP contribution in [0.5, 0.6) is 0 Å². The van der Waals surface area contributed by atoms with Gasteiger partial charge in [-0.25, -0.2) is 4.79 Å². The van der Waals surface area contributed by atoms with Gasteiger partial charge in [0.05, 0.1) is 5.60 Å². The van der Waals surface area contributed by atoms with E-state index >= 15 is 0 Å². The van der Waals surface area contributed by atoms with Crippen molar-refractivity contribution >= 4 is 17.4 Å². The van der Waals surface area contributed by atoms with Gasteiger partial charge in [0, 0.05) is 23.4 Å². The molecule has 0 saturated carbocycles. The van der Waals surface area contributed by atoms with E-state index < -0.39 is 5.60 Å². The fourth-order valence-electron chi connectivity index (χ4n) is 1.58. The van der Waals surface area contributed by atoms with E-state index in [1.165, 1.54) is 4.88 Å². The van der Waals surface area contributed by atoms with Gasteiger partial charge in [-0.2, -0.15) is 0 Å². The standard InChI is InChI=1S/C15H26N2O2S/c1-11(2)15(5,19)10-17-13(18)16-9-14(3,4)12-7-6-8-20-12/h6-8,11,19H,9-10H2,1-5H3,(H2,16,17,18). The van der Waals surface area contributed by atoms with Crippen molar-refractivity contribution in [2.24, 2.45) is 5.92 Å². The van der Waals surface area contributed by atoms with E-state index in [9.17, 15) is 9.90 Å². The maximum atomic E-state index is 11.8. The van der Waals surface area contributed by atoms with E-state index in [2.05, 4.69) is 30.5 Å². The van der Waals surface area contributed by atoms with Crippen molar-refractivity contribution < 1.29 is 9.90 Å². The number of hydrogen-bond donors (Lipinski definition) is 3. The van der Waals surface area contributed by atoms with Gasteiger partial charge in [0.15, 0.2) is 0 Å². The molecule has 1 unspecified atom stereocenters. The van der Waals surface area contributed by atoms with Crippen LogP contribution in [0.2, 0.25) is 0 Å². The molecule has 0 aromatic carbocycles. The van der Waals surface area contributed by atoms with Crippen molar-refractivity contribution in [3.05, 3.63) is 22.4 Å². The van der Waals surface area contributed by atoms with Crippen molar-refractivity contribution in [3.63, 3.8) is 0 Å². The quantitative estimate of drug-likeness (QED) is 0.756. The highest BCUT2D eigenvalue weighted by Gasteiger charge is 2.26. The van der Waals surface area contributed by atoms with Gasteiger partial charge in [0.25, 0.3) is 0 Å². The Morgan fingerprint density at radius 1 is 1.30 bits per heavy atom. The number of nitrogens with one attached hydrogen (secondary N) is 2. The van der Waals surface area contributed by atoms with Crippen LogP contribution in [0.1, 0.15) is 39.5 Å². The fourth-order valence-corrected chi connectivity index (χ4v) is 2.43. The zero-order chi connectivity index (χ0) is 15.4. The normalized spacial score (nSPS) is 14.9. The summed E-state index contributed by atoms with van der Waals surface area (Å²) >= 11 is 1.69. The van der Waals surface area contributed by atoms with E-state index in [0.29, 0.717) is 6.54 Å². The second-order valence-electron chi connectivity index (χ2n) is 6.41. The summed E-state index contributed by atoms with van der Waals surface area (Å²) in [5, 5.41) is 17.7. The summed E-state index contributed by atoms with van der Waals surface area (Å²) in [7, 11) is 0. The van der Waals surface area contributed by atoms with Crippen molar-refractivity contribution in [1.29, 1.82) is 0 Å². The summed E-state index contributed by atoms with van der Waals surface area (Å²) in [4.78, 5) is 13.0. The first-order chi connectivity index (χ1) is 9.15. The molecule has 0 aliphatic heterocycles. The summed E-state index contributed by atoms with van der Waals surface area (Å²) in [5.41, 5.74) is -0.979. The molecule has 0 aliphatic carbocycles. The van der Waals surface area contributed by atoms with E-state index in [0.717, 1.165) is 0 Å². The summed E-state index contributed by atoms with van der Waals surface area (Å²) in [6, 6.07) is 3.85. The minimum Gasteiger partial charge on any atom is -0.388 e. The molecule has 0 radical (unpaired) electrons. The van der Waals surface area contributed by atoms with Crippen LogP contribution in [0.15, 0.2) is 17.5 Å². The Labute approximate surface area is 125 Å². The van der Waals surface area contributed by atoms with E-state index in [4.69, 9.17) is 0 Å². The van der Waals surface area contributed by atoms with E-state index in [1.807, 2.05) is 25.3 Å². The van der Waals surface area contributed by atoms with E-state index in [-0.39, 0.29) is 23.9 Å². The van der Waals surface area contributed by atoms with Crippen LogP contribution in [-0.2, 0) is 5.41 Å². The van der Waals surface area contributed by atoms with Crippen LogP contribution >= 0.6 is 11.3 Å². The monoisotopic (exact) mass is 298 g/mol. The largest absolute Gasteiger partial charge is 0.388 e. The lowest BCUT2D eigenvalue weighted by molar-refractivity contribution is 0.0166. The average Bonchev–Trinajstić information content (AvgIpc) is 2.88. The molecule has 1 aromatic rings. The van der Waals surface area contributed by atoms with Crippen molar-refractivity contribution in [2.45, 2.75) is 45.6 Å². The summed E-state index contributed by atoms with van der Waals surface area (Å²) in [6.07, 6.45) is 0. The molecule has 2 amide bonds. The van der Waals surface area contributed by atoms with Gasteiger partial charge in [-0.3, -0.25) is 0 Å². The molecule has 0 bridgehead atoms. The Bertz CT molecular complexity index is 425. The molecule has 1 rings (SSSR count). The molecule has 4 nitrogen and oxygen atoms in total. The van der Waals surface area contributed by atoms with Crippen molar-refractivity contribution in [2.75, 3.05) is 13.1 Å². The van der Waals surface area contributed by atoms with Gasteiger partial charge in [-0.05, 0) is 24.3 Å². The van der Waals surface area contributed by atoms with Gasteiger partial charge in [-0.1, -0.05) is 33.8 Å². The zero-order valence-corrected chi connectivity index (χ0v) is 13.8. The van der Waals surface area contributed by atoms with Gasteiger partial charge in [-0.15, -0.1) is 11.3 Å². The number of aliphatic hydroxyl groups is 1. The van der Waals surface area contributed by atoms with Gasteiger partial charge >= 0.3 is 6.03 Å². The van der Waals surface area contributed by atoms with Crippen LogP contribution in [0.3, 0.4) is 0 Å². The Kier molecular flexibility index (Phi) is 5.59. The molecule has 114 valence electrons. The van der Waals surface area contributed by atoms with Crippen molar-refractivity contribution in [1.82, 2.24) is 10.6 Å². The maximum absolute atomic E-state index is 11.8. The average molecular weight is 298 g/mol. The Morgan fingerprint density at radius 2 is 1.90 bits per heavy atom. The molecule has 0 aliphatic rings. The summed E-state index contributed by atoms with van der Waals surface area (Å²) in [5.74, 6) is 0.0883. The van der Waals surface area contributed by atoms with Crippen molar-refractivity contribution in [3.8, 4) is 0 Å². The number of hydrogen-bond acceptors (Lipinski definition) is 3. The predicted octanol–water partition coefficient (Wildman–Crippen LogP) is 2.73. The SMILES string of the molecule is CC(C)C(C)(O)CNC(=O)NCC(C)(C)c1cccs1. The fraction of sp³-hybridized carbons (Fsp3) is 0.667. The Morgan fingerprint density at radius 3 is 2.40 bits per heavy atom. The number of urea groups is 1. The molecular formula is C15H26N2O2S. The molecule has 1 atom stereocenters. The summed E-state index contributed by atoms with van der Waals surface area (Å²) in [6.45, 7) is 10.6. The first kappa shape index (κ1) is 17.0. The lowest BCUT2D eigenvalue weighted by Gasteiger charge is -2.28. The minimum atomic E-state index is -0.888. The first-order valence-electron chi connectivity index (χ1n) is 6.93. The van der Waals surface area contributed by atoms with Gasteiger partial charge in [0.1, 0.15) is 0 Å². The number of rotatable bonds is 6. The van der Waals surface area contributed by atoms with Gasteiger partial charge in [0.2, 0.25) is 0 Å². The molecule has 0 fully saturated rings. The lowest BCUT2D eigenvalue weighted by atomic mass is 9.91. The highest BCUT2D eigenvalue weighted by atomic mass is 32.1. The van der Waals surface area contributed by atoms with Crippen LogP contribution in [0.25, 0.3) is 0 Å². The zero-order valence-electron chi connectivity index (χ0n) is 13.0. The van der Waals surface area contributed by atoms with Gasteiger partial charge < -0.3 is 15.7 Å². The Balaban J connectivity index is 2.41. The molecule has 0 spiro atoms. The highest BCUT2D eigenvalue weighted by Crippen LogP contribution is 2.26. The third-order valence-electron chi connectivity index (χ3n) is 3.73. The minimum absolute atomic E-state index is 0.0883. The lowest BCUT2D eigenvalue weighted by Crippen LogP contribution is -2.49. The second kappa shape index (κ2) is 6.59.